The maximum atomic E-state index is 11.7. The molecule has 1 aliphatic rings. The Morgan fingerprint density at radius 2 is 2.13 bits per heavy atom. The predicted octanol–water partition coefficient (Wildman–Crippen LogP) is 2.02. The zero-order valence-corrected chi connectivity index (χ0v) is 9.29. The van der Waals surface area contributed by atoms with Crippen LogP contribution in [0.2, 0.25) is 0 Å². The lowest BCUT2D eigenvalue weighted by atomic mass is 9.97. The molecule has 1 aliphatic heterocycles. The third-order valence-corrected chi connectivity index (χ3v) is 2.86. The molecule has 0 aliphatic carbocycles. The molecule has 3 heteroatoms. The Bertz CT molecular complexity index is 399. The number of anilines is 1. The van der Waals surface area contributed by atoms with Crippen molar-refractivity contribution in [2.45, 2.75) is 25.8 Å². The largest absolute Gasteiger partial charge is 0.324 e. The second-order valence-electron chi connectivity index (χ2n) is 4.18. The first-order valence-electron chi connectivity index (χ1n) is 5.26. The highest BCUT2D eigenvalue weighted by Gasteiger charge is 2.30. The number of para-hydroxylation sites is 1. The van der Waals surface area contributed by atoms with Crippen LogP contribution in [-0.4, -0.2) is 13.0 Å². The molecule has 0 bridgehead atoms. The van der Waals surface area contributed by atoms with Gasteiger partial charge in [-0.25, -0.2) is 0 Å². The van der Waals surface area contributed by atoms with Crippen LogP contribution in [-0.2, 0) is 4.79 Å². The van der Waals surface area contributed by atoms with Crippen LogP contribution in [0.5, 0.6) is 0 Å². The molecule has 15 heavy (non-hydrogen) atoms. The van der Waals surface area contributed by atoms with Gasteiger partial charge in [-0.15, -0.1) is 0 Å². The summed E-state index contributed by atoms with van der Waals surface area (Å²) in [5, 5.41) is 5.97. The second kappa shape index (κ2) is 3.66. The first kappa shape index (κ1) is 10.2. The van der Waals surface area contributed by atoms with Gasteiger partial charge in [-0.1, -0.05) is 32.0 Å². The molecule has 2 rings (SSSR count). The second-order valence-corrected chi connectivity index (χ2v) is 4.18. The van der Waals surface area contributed by atoms with E-state index in [2.05, 4.69) is 30.5 Å². The summed E-state index contributed by atoms with van der Waals surface area (Å²) < 4.78 is 0. The summed E-state index contributed by atoms with van der Waals surface area (Å²) in [4.78, 5) is 11.7. The molecule has 0 saturated carbocycles. The van der Waals surface area contributed by atoms with E-state index in [1.54, 1.807) is 7.05 Å². The number of benzene rings is 1. The molecule has 2 N–H and O–H groups in total. The lowest BCUT2D eigenvalue weighted by Crippen LogP contribution is -2.23. The van der Waals surface area contributed by atoms with Crippen LogP contribution in [0.25, 0.3) is 0 Å². The smallest absolute Gasteiger partial charge is 0.246 e. The molecule has 1 aromatic carbocycles. The fourth-order valence-corrected chi connectivity index (χ4v) is 2.08. The summed E-state index contributed by atoms with van der Waals surface area (Å²) in [6.07, 6.45) is 0. The molecule has 1 atom stereocenters. The van der Waals surface area contributed by atoms with Crippen molar-refractivity contribution >= 4 is 11.6 Å². The van der Waals surface area contributed by atoms with E-state index in [0.717, 1.165) is 11.3 Å². The van der Waals surface area contributed by atoms with Crippen molar-refractivity contribution in [3.05, 3.63) is 29.3 Å². The maximum Gasteiger partial charge on any atom is 0.246 e. The molecular formula is C12H16N2O. The van der Waals surface area contributed by atoms with Crippen LogP contribution in [0.15, 0.2) is 18.2 Å². The number of nitrogens with one attached hydrogen (secondary N) is 2. The monoisotopic (exact) mass is 204 g/mol. The number of hydrogen-bond acceptors (Lipinski definition) is 2. The molecule has 0 fully saturated rings. The molecule has 1 heterocycles. The van der Waals surface area contributed by atoms with Gasteiger partial charge in [0.05, 0.1) is 0 Å². The number of rotatable bonds is 2. The Labute approximate surface area is 89.9 Å². The number of amides is 1. The van der Waals surface area contributed by atoms with E-state index in [1.165, 1.54) is 5.56 Å². The highest BCUT2D eigenvalue weighted by molar-refractivity contribution is 6.03. The fraction of sp³-hybridized carbons (Fsp3) is 0.417. The van der Waals surface area contributed by atoms with E-state index >= 15 is 0 Å². The van der Waals surface area contributed by atoms with Gasteiger partial charge >= 0.3 is 0 Å². The predicted molar refractivity (Wildman–Crippen MR) is 61.0 cm³/mol. The Kier molecular flexibility index (Phi) is 2.49. The Balaban J connectivity index is 2.52. The Morgan fingerprint density at radius 3 is 2.73 bits per heavy atom. The fourth-order valence-electron chi connectivity index (χ4n) is 2.08. The molecule has 0 saturated heterocycles. The summed E-state index contributed by atoms with van der Waals surface area (Å²) in [5.74, 6) is 0.469. The summed E-state index contributed by atoms with van der Waals surface area (Å²) in [6, 6.07) is 5.89. The van der Waals surface area contributed by atoms with Crippen molar-refractivity contribution in [3.8, 4) is 0 Å². The van der Waals surface area contributed by atoms with Gasteiger partial charge in [0.15, 0.2) is 0 Å². The molecule has 1 aromatic rings. The lowest BCUT2D eigenvalue weighted by molar-refractivity contribution is -0.117. The molecule has 1 unspecified atom stereocenters. The van der Waals surface area contributed by atoms with Crippen molar-refractivity contribution < 1.29 is 4.79 Å². The van der Waals surface area contributed by atoms with Crippen LogP contribution in [0, 0.1) is 0 Å². The molecule has 0 aromatic heterocycles. The first-order chi connectivity index (χ1) is 7.15. The summed E-state index contributed by atoms with van der Waals surface area (Å²) in [5.41, 5.74) is 3.27. The summed E-state index contributed by atoms with van der Waals surface area (Å²) in [6.45, 7) is 4.27. The summed E-state index contributed by atoms with van der Waals surface area (Å²) in [7, 11) is 1.81. The highest BCUT2D eigenvalue weighted by Crippen LogP contribution is 2.36. The quantitative estimate of drug-likeness (QED) is 0.773. The van der Waals surface area contributed by atoms with E-state index < -0.39 is 0 Å². The number of likely N-dealkylation sites (N-methyl/N-ethyl adjacent to an activating group) is 1. The average molecular weight is 204 g/mol. The van der Waals surface area contributed by atoms with Crippen LogP contribution < -0.4 is 10.6 Å². The van der Waals surface area contributed by atoms with Gasteiger partial charge in [-0.2, -0.15) is 0 Å². The third kappa shape index (κ3) is 1.53. The van der Waals surface area contributed by atoms with Gasteiger partial charge < -0.3 is 10.6 Å². The number of fused-ring (bicyclic) bond motifs is 1. The van der Waals surface area contributed by atoms with Gasteiger partial charge in [-0.3, -0.25) is 4.79 Å². The Morgan fingerprint density at radius 1 is 1.40 bits per heavy atom. The average Bonchev–Trinajstić information content (AvgIpc) is 2.52. The zero-order valence-electron chi connectivity index (χ0n) is 9.29. The molecule has 80 valence electrons. The van der Waals surface area contributed by atoms with E-state index in [9.17, 15) is 4.79 Å². The molecule has 3 nitrogen and oxygen atoms in total. The van der Waals surface area contributed by atoms with Crippen LogP contribution in [0.4, 0.5) is 5.69 Å². The number of carbonyl (C=O) groups excluding carboxylic acids is 1. The molecule has 0 spiro atoms. The minimum absolute atomic E-state index is 0.0422. The SMILES string of the molecule is CNC1C(=O)Nc2c(C(C)C)cccc21. The lowest BCUT2D eigenvalue weighted by Gasteiger charge is -2.11. The van der Waals surface area contributed by atoms with Crippen molar-refractivity contribution in [2.24, 2.45) is 0 Å². The van der Waals surface area contributed by atoms with Gasteiger partial charge in [0.25, 0.3) is 0 Å². The maximum absolute atomic E-state index is 11.7. The van der Waals surface area contributed by atoms with Gasteiger partial charge in [0, 0.05) is 11.3 Å². The Hall–Kier alpha value is -1.35. The standard InChI is InChI=1S/C12H16N2O/c1-7(2)8-5-4-6-9-10(8)14-12(15)11(9)13-3/h4-7,11,13H,1-3H3,(H,14,15). The van der Waals surface area contributed by atoms with E-state index in [-0.39, 0.29) is 11.9 Å². The van der Waals surface area contributed by atoms with E-state index in [4.69, 9.17) is 0 Å². The zero-order chi connectivity index (χ0) is 11.0. The van der Waals surface area contributed by atoms with Crippen LogP contribution >= 0.6 is 0 Å². The van der Waals surface area contributed by atoms with Crippen molar-refractivity contribution in [3.63, 3.8) is 0 Å². The number of hydrogen-bond donors (Lipinski definition) is 2. The van der Waals surface area contributed by atoms with Gasteiger partial charge in [0.1, 0.15) is 6.04 Å². The summed E-state index contributed by atoms with van der Waals surface area (Å²) >= 11 is 0. The van der Waals surface area contributed by atoms with E-state index in [0.29, 0.717) is 5.92 Å². The molecular weight excluding hydrogens is 188 g/mol. The van der Waals surface area contributed by atoms with Crippen LogP contribution in [0.1, 0.15) is 36.9 Å². The minimum atomic E-state index is -0.196. The van der Waals surface area contributed by atoms with Crippen molar-refractivity contribution in [1.29, 1.82) is 0 Å². The highest BCUT2D eigenvalue weighted by atomic mass is 16.2. The molecule has 1 amide bonds. The molecule has 0 radical (unpaired) electrons. The van der Waals surface area contributed by atoms with Crippen molar-refractivity contribution in [2.75, 3.05) is 12.4 Å². The number of carbonyl (C=O) groups is 1. The normalized spacial score (nSPS) is 19.2. The third-order valence-electron chi connectivity index (χ3n) is 2.86. The first-order valence-corrected chi connectivity index (χ1v) is 5.26. The van der Waals surface area contributed by atoms with Gasteiger partial charge in [-0.05, 0) is 18.5 Å². The van der Waals surface area contributed by atoms with E-state index in [1.807, 2.05) is 12.1 Å². The van der Waals surface area contributed by atoms with Crippen molar-refractivity contribution in [1.82, 2.24) is 5.32 Å². The van der Waals surface area contributed by atoms with Gasteiger partial charge in [0.2, 0.25) is 5.91 Å². The topological polar surface area (TPSA) is 41.1 Å². The van der Waals surface area contributed by atoms with Crippen LogP contribution in [0.3, 0.4) is 0 Å². The minimum Gasteiger partial charge on any atom is -0.324 e.